The molecule has 108 valence electrons. The van der Waals surface area contributed by atoms with Crippen LogP contribution in [0.5, 0.6) is 0 Å². The van der Waals surface area contributed by atoms with E-state index in [0.717, 1.165) is 33.3 Å². The fourth-order valence-corrected chi connectivity index (χ4v) is 3.36. The van der Waals surface area contributed by atoms with E-state index in [9.17, 15) is 0 Å². The molecule has 2 aromatic heterocycles. The molecule has 7 heteroatoms. The normalized spacial score (nSPS) is 14.7. The van der Waals surface area contributed by atoms with E-state index in [1.54, 1.807) is 23.1 Å². The van der Waals surface area contributed by atoms with Crippen LogP contribution in [-0.2, 0) is 12.3 Å². The highest BCUT2D eigenvalue weighted by atomic mass is 32.2. The maximum absolute atomic E-state index is 5.80. The second-order valence-electron chi connectivity index (χ2n) is 5.06. The highest BCUT2D eigenvalue weighted by Crippen LogP contribution is 2.29. The number of hydrogen-bond donors (Lipinski definition) is 1. The summed E-state index contributed by atoms with van der Waals surface area (Å²) in [6.07, 6.45) is 2.60. The molecule has 1 aliphatic rings. The van der Waals surface area contributed by atoms with Gasteiger partial charge in [-0.05, 0) is 25.0 Å². The predicted molar refractivity (Wildman–Crippen MR) is 82.4 cm³/mol. The summed E-state index contributed by atoms with van der Waals surface area (Å²) in [7, 11) is 3.95. The zero-order valence-corrected chi connectivity index (χ0v) is 13.3. The van der Waals surface area contributed by atoms with Crippen molar-refractivity contribution in [3.63, 3.8) is 0 Å². The Morgan fingerprint density at radius 2 is 2.15 bits per heavy atom. The van der Waals surface area contributed by atoms with Gasteiger partial charge in [0.15, 0.2) is 4.34 Å². The van der Waals surface area contributed by atoms with Crippen molar-refractivity contribution in [1.29, 1.82) is 0 Å². The Kier molecular flexibility index (Phi) is 4.28. The molecule has 1 aliphatic carbocycles. The lowest BCUT2D eigenvalue weighted by Gasteiger charge is -2.03. The summed E-state index contributed by atoms with van der Waals surface area (Å²) >= 11 is 3.27. The number of hydrogen-bond acceptors (Lipinski definition) is 7. The molecular weight excluding hydrogens is 292 g/mol. The maximum atomic E-state index is 5.80. The van der Waals surface area contributed by atoms with E-state index in [-0.39, 0.29) is 0 Å². The van der Waals surface area contributed by atoms with Gasteiger partial charge >= 0.3 is 0 Å². The third-order valence-electron chi connectivity index (χ3n) is 2.98. The lowest BCUT2D eigenvalue weighted by Crippen LogP contribution is -2.14. The lowest BCUT2D eigenvalue weighted by molar-refractivity contribution is 0.458. The Bertz CT molecular complexity index is 562. The van der Waals surface area contributed by atoms with Crippen LogP contribution in [0.3, 0.4) is 0 Å². The van der Waals surface area contributed by atoms with Gasteiger partial charge in [-0.15, -0.1) is 10.2 Å². The first-order valence-electron chi connectivity index (χ1n) is 6.65. The van der Waals surface area contributed by atoms with Crippen LogP contribution >= 0.6 is 23.1 Å². The van der Waals surface area contributed by atoms with Crippen LogP contribution in [0.15, 0.2) is 20.9 Å². The van der Waals surface area contributed by atoms with Gasteiger partial charge in [0.1, 0.15) is 11.5 Å². The molecule has 0 aliphatic heterocycles. The molecule has 0 aromatic carbocycles. The molecule has 0 atom stereocenters. The molecule has 1 fully saturated rings. The third-order valence-corrected chi connectivity index (χ3v) is 5.22. The van der Waals surface area contributed by atoms with Crippen LogP contribution in [0.4, 0.5) is 5.13 Å². The average molecular weight is 310 g/mol. The van der Waals surface area contributed by atoms with Crippen molar-refractivity contribution in [1.82, 2.24) is 15.5 Å². The van der Waals surface area contributed by atoms with Crippen LogP contribution in [0.25, 0.3) is 0 Å². The van der Waals surface area contributed by atoms with Crippen molar-refractivity contribution in [2.45, 2.75) is 35.5 Å². The predicted octanol–water partition coefficient (Wildman–Crippen LogP) is 2.74. The Morgan fingerprint density at radius 3 is 2.85 bits per heavy atom. The highest BCUT2D eigenvalue weighted by molar-refractivity contribution is 8.00. The topological polar surface area (TPSA) is 54.2 Å². The standard InChI is InChI=1S/C13H18N4OS2/c1-17(2)12-15-16-13(20-12)19-8-11-6-5-10(18-11)7-14-9-3-4-9/h5-6,9,14H,3-4,7-8H2,1-2H3. The second-order valence-corrected chi connectivity index (χ2v) is 7.24. The maximum Gasteiger partial charge on any atom is 0.208 e. The largest absolute Gasteiger partial charge is 0.464 e. The van der Waals surface area contributed by atoms with Gasteiger partial charge in [-0.3, -0.25) is 0 Å². The minimum Gasteiger partial charge on any atom is -0.464 e. The smallest absolute Gasteiger partial charge is 0.208 e. The molecular formula is C13H18N4OS2. The zero-order valence-electron chi connectivity index (χ0n) is 11.6. The van der Waals surface area contributed by atoms with E-state index < -0.39 is 0 Å². The van der Waals surface area contributed by atoms with E-state index in [1.165, 1.54) is 12.8 Å². The van der Waals surface area contributed by atoms with Crippen molar-refractivity contribution >= 4 is 28.2 Å². The highest BCUT2D eigenvalue weighted by Gasteiger charge is 2.20. The third kappa shape index (κ3) is 3.74. The molecule has 0 spiro atoms. The Balaban J connectivity index is 1.49. The van der Waals surface area contributed by atoms with Crippen LogP contribution in [-0.4, -0.2) is 30.3 Å². The fourth-order valence-electron chi connectivity index (χ4n) is 1.70. The van der Waals surface area contributed by atoms with Gasteiger partial charge in [-0.1, -0.05) is 23.1 Å². The van der Waals surface area contributed by atoms with Crippen molar-refractivity contribution in [3.8, 4) is 0 Å². The summed E-state index contributed by atoms with van der Waals surface area (Å²) in [5, 5.41) is 12.7. The number of nitrogens with one attached hydrogen (secondary N) is 1. The molecule has 0 bridgehead atoms. The van der Waals surface area contributed by atoms with Crippen LogP contribution in [0.1, 0.15) is 24.4 Å². The van der Waals surface area contributed by atoms with Gasteiger partial charge in [0.2, 0.25) is 5.13 Å². The average Bonchev–Trinajstić information content (AvgIpc) is 2.96. The first-order chi connectivity index (χ1) is 9.70. The summed E-state index contributed by atoms with van der Waals surface area (Å²) < 4.78 is 6.78. The molecule has 0 unspecified atom stereocenters. The van der Waals surface area contributed by atoms with E-state index in [4.69, 9.17) is 4.42 Å². The molecule has 0 amide bonds. The molecule has 5 nitrogen and oxygen atoms in total. The summed E-state index contributed by atoms with van der Waals surface area (Å²) in [4.78, 5) is 1.97. The number of rotatable bonds is 7. The minimum absolute atomic E-state index is 0.712. The molecule has 0 saturated heterocycles. The Labute approximate surface area is 126 Å². The Hall–Kier alpha value is -1.05. The fraction of sp³-hybridized carbons (Fsp3) is 0.538. The van der Waals surface area contributed by atoms with Crippen molar-refractivity contribution < 1.29 is 4.42 Å². The molecule has 0 radical (unpaired) electrons. The van der Waals surface area contributed by atoms with Gasteiger partial charge in [0.25, 0.3) is 0 Å². The molecule has 20 heavy (non-hydrogen) atoms. The van der Waals surface area contributed by atoms with Gasteiger partial charge < -0.3 is 14.6 Å². The van der Waals surface area contributed by atoms with E-state index in [2.05, 4.69) is 21.6 Å². The van der Waals surface area contributed by atoms with Crippen LogP contribution < -0.4 is 10.2 Å². The first-order valence-corrected chi connectivity index (χ1v) is 8.45. The number of furan rings is 1. The van der Waals surface area contributed by atoms with E-state index >= 15 is 0 Å². The monoisotopic (exact) mass is 310 g/mol. The lowest BCUT2D eigenvalue weighted by atomic mass is 10.4. The zero-order chi connectivity index (χ0) is 13.9. The van der Waals surface area contributed by atoms with Crippen LogP contribution in [0, 0.1) is 0 Å². The summed E-state index contributed by atoms with van der Waals surface area (Å²) in [5.41, 5.74) is 0. The van der Waals surface area contributed by atoms with E-state index in [1.807, 2.05) is 25.1 Å². The molecule has 1 saturated carbocycles. The van der Waals surface area contributed by atoms with Gasteiger partial charge in [0.05, 0.1) is 12.3 Å². The number of nitrogens with zero attached hydrogens (tertiary/aromatic N) is 3. The number of aromatic nitrogens is 2. The first kappa shape index (κ1) is 13.9. The molecule has 1 N–H and O–H groups in total. The summed E-state index contributed by atoms with van der Waals surface area (Å²) in [6.45, 7) is 0.832. The Morgan fingerprint density at radius 1 is 1.35 bits per heavy atom. The number of anilines is 1. The number of thioether (sulfide) groups is 1. The van der Waals surface area contributed by atoms with Crippen molar-refractivity contribution in [2.24, 2.45) is 0 Å². The van der Waals surface area contributed by atoms with Crippen LogP contribution in [0.2, 0.25) is 0 Å². The molecule has 3 rings (SSSR count). The SMILES string of the molecule is CN(C)c1nnc(SCc2ccc(CNC3CC3)o2)s1. The van der Waals surface area contributed by atoms with Gasteiger partial charge in [-0.2, -0.15) is 0 Å². The van der Waals surface area contributed by atoms with Gasteiger partial charge in [-0.25, -0.2) is 0 Å². The molecule has 2 heterocycles. The summed E-state index contributed by atoms with van der Waals surface area (Å²) in [6, 6.07) is 4.81. The quantitative estimate of drug-likeness (QED) is 0.794. The van der Waals surface area contributed by atoms with Gasteiger partial charge in [0, 0.05) is 20.1 Å². The van der Waals surface area contributed by atoms with Crippen molar-refractivity contribution in [3.05, 3.63) is 23.7 Å². The summed E-state index contributed by atoms with van der Waals surface area (Å²) in [5.74, 6) is 2.80. The van der Waals surface area contributed by atoms with Crippen molar-refractivity contribution in [2.75, 3.05) is 19.0 Å². The molecule has 2 aromatic rings. The van der Waals surface area contributed by atoms with E-state index in [0.29, 0.717) is 6.04 Å². The second kappa shape index (κ2) is 6.15. The minimum atomic E-state index is 0.712.